The fourth-order valence-corrected chi connectivity index (χ4v) is 2.74. The summed E-state index contributed by atoms with van der Waals surface area (Å²) in [5.41, 5.74) is 3.57. The van der Waals surface area contributed by atoms with Crippen LogP contribution in [0.15, 0.2) is 41.2 Å². The van der Waals surface area contributed by atoms with Crippen molar-refractivity contribution in [2.45, 2.75) is 31.7 Å². The number of hydrogen-bond acceptors (Lipinski definition) is 4. The molecule has 1 aromatic heterocycles. The van der Waals surface area contributed by atoms with Gasteiger partial charge in [-0.1, -0.05) is 30.3 Å². The highest BCUT2D eigenvalue weighted by Crippen LogP contribution is 2.18. The first-order valence-corrected chi connectivity index (χ1v) is 8.02. The molecule has 1 amide bonds. The fourth-order valence-electron chi connectivity index (χ4n) is 2.14. The molecule has 1 unspecified atom stereocenters. The molecule has 6 heteroatoms. The van der Waals surface area contributed by atoms with Crippen molar-refractivity contribution in [1.82, 2.24) is 10.3 Å². The minimum absolute atomic E-state index is 0.0198. The van der Waals surface area contributed by atoms with Crippen LogP contribution in [0.5, 0.6) is 0 Å². The van der Waals surface area contributed by atoms with Gasteiger partial charge in [0.2, 0.25) is 5.91 Å². The van der Waals surface area contributed by atoms with Crippen molar-refractivity contribution in [3.63, 3.8) is 0 Å². The van der Waals surface area contributed by atoms with Crippen LogP contribution in [0.25, 0.3) is 0 Å². The standard InChI is InChI=1S/C16H18N2O3S/c19-15(8-6-13-10-22-11-17-13)18-14(7-9-16(20)21)12-4-2-1-3-5-12/h1-5,10-11,14H,6-9H2,(H,18,19)(H,20,21). The van der Waals surface area contributed by atoms with E-state index in [0.29, 0.717) is 19.3 Å². The average molecular weight is 318 g/mol. The van der Waals surface area contributed by atoms with Crippen LogP contribution in [0.3, 0.4) is 0 Å². The Balaban J connectivity index is 1.93. The molecule has 0 aliphatic heterocycles. The third-order valence-corrected chi connectivity index (χ3v) is 3.91. The molecule has 2 aromatic rings. The number of amides is 1. The first kappa shape index (κ1) is 16.2. The van der Waals surface area contributed by atoms with Gasteiger partial charge in [-0.2, -0.15) is 0 Å². The zero-order valence-corrected chi connectivity index (χ0v) is 12.9. The van der Waals surface area contributed by atoms with Crippen molar-refractivity contribution < 1.29 is 14.7 Å². The van der Waals surface area contributed by atoms with Gasteiger partial charge in [0.05, 0.1) is 17.2 Å². The summed E-state index contributed by atoms with van der Waals surface area (Å²) in [7, 11) is 0. The Labute approximate surface area is 133 Å². The van der Waals surface area contributed by atoms with Crippen LogP contribution < -0.4 is 5.32 Å². The van der Waals surface area contributed by atoms with Crippen molar-refractivity contribution in [1.29, 1.82) is 0 Å². The molecule has 116 valence electrons. The van der Waals surface area contributed by atoms with Gasteiger partial charge >= 0.3 is 5.97 Å². The maximum Gasteiger partial charge on any atom is 0.303 e. The molecule has 0 spiro atoms. The molecule has 2 N–H and O–H groups in total. The summed E-state index contributed by atoms with van der Waals surface area (Å²) in [6.07, 6.45) is 1.34. The van der Waals surface area contributed by atoms with Crippen LogP contribution in [0.2, 0.25) is 0 Å². The summed E-state index contributed by atoms with van der Waals surface area (Å²) >= 11 is 1.51. The quantitative estimate of drug-likeness (QED) is 0.784. The second kappa shape index (κ2) is 8.29. The number of nitrogens with one attached hydrogen (secondary N) is 1. The molecule has 0 aliphatic carbocycles. The van der Waals surface area contributed by atoms with Crippen LogP contribution >= 0.6 is 11.3 Å². The van der Waals surface area contributed by atoms with Gasteiger partial charge in [-0.05, 0) is 18.4 Å². The molecular formula is C16H18N2O3S. The SMILES string of the molecule is O=C(O)CCC(NC(=O)CCc1cscn1)c1ccccc1. The Bertz CT molecular complexity index is 599. The van der Waals surface area contributed by atoms with Gasteiger partial charge in [0, 0.05) is 18.2 Å². The van der Waals surface area contributed by atoms with Gasteiger partial charge in [0.1, 0.15) is 0 Å². The Hall–Kier alpha value is -2.21. The number of aryl methyl sites for hydroxylation is 1. The second-order valence-corrected chi connectivity index (χ2v) is 5.66. The first-order chi connectivity index (χ1) is 10.6. The van der Waals surface area contributed by atoms with Crippen molar-refractivity contribution in [3.05, 3.63) is 52.5 Å². The molecular weight excluding hydrogens is 300 g/mol. The van der Waals surface area contributed by atoms with E-state index in [9.17, 15) is 9.59 Å². The Kier molecular flexibility index (Phi) is 6.09. The number of benzene rings is 1. The Morgan fingerprint density at radius 1 is 1.23 bits per heavy atom. The van der Waals surface area contributed by atoms with Crippen LogP contribution in [-0.4, -0.2) is 22.0 Å². The molecule has 1 atom stereocenters. The molecule has 1 aromatic carbocycles. The van der Waals surface area contributed by atoms with Crippen LogP contribution in [0.1, 0.15) is 36.6 Å². The molecule has 0 aliphatic rings. The average Bonchev–Trinajstić information content (AvgIpc) is 3.03. The normalized spacial score (nSPS) is 11.8. The summed E-state index contributed by atoms with van der Waals surface area (Å²) in [5, 5.41) is 13.7. The number of aliphatic carboxylic acids is 1. The molecule has 5 nitrogen and oxygen atoms in total. The Morgan fingerprint density at radius 2 is 2.00 bits per heavy atom. The van der Waals surface area contributed by atoms with Gasteiger partial charge in [-0.3, -0.25) is 9.59 Å². The molecule has 0 saturated heterocycles. The van der Waals surface area contributed by atoms with Crippen molar-refractivity contribution >= 4 is 23.2 Å². The number of carboxylic acid groups (broad SMARTS) is 1. The molecule has 0 fully saturated rings. The van der Waals surface area contributed by atoms with Crippen LogP contribution in [0, 0.1) is 0 Å². The zero-order chi connectivity index (χ0) is 15.8. The van der Waals surface area contributed by atoms with Crippen LogP contribution in [0.4, 0.5) is 0 Å². The minimum Gasteiger partial charge on any atom is -0.481 e. The highest BCUT2D eigenvalue weighted by Gasteiger charge is 2.16. The lowest BCUT2D eigenvalue weighted by Crippen LogP contribution is -2.29. The summed E-state index contributed by atoms with van der Waals surface area (Å²) in [4.78, 5) is 27.0. The van der Waals surface area contributed by atoms with E-state index in [1.807, 2.05) is 35.7 Å². The summed E-state index contributed by atoms with van der Waals surface area (Å²) in [6, 6.07) is 9.16. The monoisotopic (exact) mass is 318 g/mol. The maximum absolute atomic E-state index is 12.1. The minimum atomic E-state index is -0.863. The summed E-state index contributed by atoms with van der Waals surface area (Å²) < 4.78 is 0. The van der Waals surface area contributed by atoms with Crippen molar-refractivity contribution in [3.8, 4) is 0 Å². The number of carboxylic acids is 1. The number of hydrogen-bond donors (Lipinski definition) is 2. The lowest BCUT2D eigenvalue weighted by atomic mass is 10.0. The lowest BCUT2D eigenvalue weighted by molar-refractivity contribution is -0.137. The van der Waals surface area contributed by atoms with E-state index in [0.717, 1.165) is 11.3 Å². The number of carbonyl (C=O) groups is 2. The smallest absolute Gasteiger partial charge is 0.303 e. The fraction of sp³-hybridized carbons (Fsp3) is 0.312. The lowest BCUT2D eigenvalue weighted by Gasteiger charge is -2.18. The molecule has 2 rings (SSSR count). The van der Waals surface area contributed by atoms with E-state index < -0.39 is 5.97 Å². The highest BCUT2D eigenvalue weighted by atomic mass is 32.1. The number of carbonyl (C=O) groups excluding carboxylic acids is 1. The van der Waals surface area contributed by atoms with E-state index in [-0.39, 0.29) is 18.4 Å². The number of thiazole rings is 1. The van der Waals surface area contributed by atoms with Crippen molar-refractivity contribution in [2.24, 2.45) is 0 Å². The maximum atomic E-state index is 12.1. The van der Waals surface area contributed by atoms with E-state index in [4.69, 9.17) is 5.11 Å². The molecule has 22 heavy (non-hydrogen) atoms. The van der Waals surface area contributed by atoms with E-state index >= 15 is 0 Å². The highest BCUT2D eigenvalue weighted by molar-refractivity contribution is 7.07. The number of rotatable bonds is 8. The van der Waals surface area contributed by atoms with Crippen LogP contribution in [-0.2, 0) is 16.0 Å². The molecule has 0 radical (unpaired) electrons. The van der Waals surface area contributed by atoms with Crippen molar-refractivity contribution in [2.75, 3.05) is 0 Å². The number of aromatic nitrogens is 1. The van der Waals surface area contributed by atoms with Gasteiger partial charge in [0.15, 0.2) is 0 Å². The van der Waals surface area contributed by atoms with E-state index in [2.05, 4.69) is 10.3 Å². The predicted octanol–water partition coefficient (Wildman–Crippen LogP) is 2.80. The molecule has 0 bridgehead atoms. The Morgan fingerprint density at radius 3 is 2.64 bits per heavy atom. The van der Waals surface area contributed by atoms with Gasteiger partial charge < -0.3 is 10.4 Å². The van der Waals surface area contributed by atoms with Gasteiger partial charge in [-0.15, -0.1) is 11.3 Å². The topological polar surface area (TPSA) is 79.3 Å². The van der Waals surface area contributed by atoms with E-state index in [1.54, 1.807) is 5.51 Å². The third kappa shape index (κ3) is 5.29. The second-order valence-electron chi connectivity index (χ2n) is 4.94. The molecule has 0 saturated carbocycles. The largest absolute Gasteiger partial charge is 0.481 e. The first-order valence-electron chi connectivity index (χ1n) is 7.08. The van der Waals surface area contributed by atoms with E-state index in [1.165, 1.54) is 11.3 Å². The van der Waals surface area contributed by atoms with Gasteiger partial charge in [-0.25, -0.2) is 4.98 Å². The summed E-state index contributed by atoms with van der Waals surface area (Å²) in [5.74, 6) is -0.954. The zero-order valence-electron chi connectivity index (χ0n) is 12.1. The number of nitrogens with zero attached hydrogens (tertiary/aromatic N) is 1. The van der Waals surface area contributed by atoms with Gasteiger partial charge in [0.25, 0.3) is 0 Å². The predicted molar refractivity (Wildman–Crippen MR) is 84.6 cm³/mol. The molecule has 1 heterocycles. The third-order valence-electron chi connectivity index (χ3n) is 3.28. The summed E-state index contributed by atoms with van der Waals surface area (Å²) in [6.45, 7) is 0.